The van der Waals surface area contributed by atoms with E-state index in [-0.39, 0.29) is 12.3 Å². The van der Waals surface area contributed by atoms with Crippen molar-refractivity contribution >= 4 is 11.6 Å². The number of nitrogens with one attached hydrogen (secondary N) is 1. The highest BCUT2D eigenvalue weighted by Gasteiger charge is 2.03. The molecule has 0 radical (unpaired) electrons. The fourth-order valence-corrected chi connectivity index (χ4v) is 1.35. The molecule has 90 valence electrons. The first-order valence-corrected chi connectivity index (χ1v) is 5.29. The van der Waals surface area contributed by atoms with Crippen LogP contribution < -0.4 is 5.32 Å². The Labute approximate surface area is 103 Å². The number of nitriles is 1. The molecule has 18 heavy (non-hydrogen) atoms. The molecular weight excluding hydrogens is 232 g/mol. The van der Waals surface area contributed by atoms with Gasteiger partial charge in [0.25, 0.3) is 0 Å². The fourth-order valence-electron chi connectivity index (χ4n) is 1.35. The monoisotopic (exact) mass is 242 g/mol. The zero-order valence-corrected chi connectivity index (χ0v) is 9.45. The van der Waals surface area contributed by atoms with Gasteiger partial charge in [0.15, 0.2) is 0 Å². The largest absolute Gasteiger partial charge is 0.326 e. The van der Waals surface area contributed by atoms with Crippen LogP contribution in [-0.2, 0) is 11.3 Å². The molecule has 0 saturated heterocycles. The minimum absolute atomic E-state index is 0.129. The highest BCUT2D eigenvalue weighted by atomic mass is 16.1. The average Bonchev–Trinajstić information content (AvgIpc) is 2.90. The van der Waals surface area contributed by atoms with E-state index in [0.29, 0.717) is 17.8 Å². The second-order valence-electron chi connectivity index (χ2n) is 3.56. The molecule has 0 aliphatic carbocycles. The molecule has 2 aromatic rings. The summed E-state index contributed by atoms with van der Waals surface area (Å²) in [5.74, 6) is -0.129. The maximum absolute atomic E-state index is 11.6. The van der Waals surface area contributed by atoms with Crippen LogP contribution >= 0.6 is 0 Å². The van der Waals surface area contributed by atoms with E-state index in [9.17, 15) is 4.79 Å². The highest BCUT2D eigenvalue weighted by Crippen LogP contribution is 2.09. The van der Waals surface area contributed by atoms with Crippen LogP contribution in [0.25, 0.3) is 0 Å². The van der Waals surface area contributed by atoms with Gasteiger partial charge in [-0.2, -0.15) is 5.26 Å². The van der Waals surface area contributed by atoms with Crippen molar-refractivity contribution in [3.8, 4) is 6.07 Å². The van der Waals surface area contributed by atoms with Crippen molar-refractivity contribution in [2.24, 2.45) is 0 Å². The predicted molar refractivity (Wildman–Crippen MR) is 62.2 cm³/mol. The normalized spacial score (nSPS) is 9.72. The van der Waals surface area contributed by atoms with Gasteiger partial charge in [-0.3, -0.25) is 4.79 Å². The van der Waals surface area contributed by atoms with Crippen LogP contribution in [0.3, 0.4) is 0 Å². The Morgan fingerprint density at radius 2 is 2.17 bits per heavy atom. The van der Waals surface area contributed by atoms with Gasteiger partial charge in [-0.25, -0.2) is 4.68 Å². The van der Waals surface area contributed by atoms with Crippen molar-refractivity contribution in [3.05, 3.63) is 36.2 Å². The van der Waals surface area contributed by atoms with Crippen LogP contribution in [0.4, 0.5) is 5.69 Å². The minimum Gasteiger partial charge on any atom is -0.326 e. The summed E-state index contributed by atoms with van der Waals surface area (Å²) >= 11 is 0. The Kier molecular flexibility index (Phi) is 3.61. The molecular formula is C11H10N6O. The Balaban J connectivity index is 1.85. The van der Waals surface area contributed by atoms with E-state index in [2.05, 4.69) is 20.8 Å². The highest BCUT2D eigenvalue weighted by molar-refractivity contribution is 5.90. The number of carbonyl (C=O) groups is 1. The van der Waals surface area contributed by atoms with Crippen molar-refractivity contribution in [2.75, 3.05) is 5.32 Å². The van der Waals surface area contributed by atoms with Gasteiger partial charge in [0.1, 0.15) is 6.33 Å². The Bertz CT molecular complexity index is 554. The number of amides is 1. The molecule has 0 atom stereocenters. The third kappa shape index (κ3) is 3.12. The van der Waals surface area contributed by atoms with Crippen molar-refractivity contribution in [1.29, 1.82) is 5.26 Å². The van der Waals surface area contributed by atoms with Crippen LogP contribution in [0.5, 0.6) is 0 Å². The molecule has 7 heteroatoms. The Morgan fingerprint density at radius 1 is 1.39 bits per heavy atom. The molecule has 0 spiro atoms. The summed E-state index contributed by atoms with van der Waals surface area (Å²) in [6.45, 7) is 0.426. The molecule has 0 aliphatic heterocycles. The second kappa shape index (κ2) is 5.54. The number of carbonyl (C=O) groups excluding carboxylic acids is 1. The summed E-state index contributed by atoms with van der Waals surface area (Å²) in [5, 5.41) is 22.0. The van der Waals surface area contributed by atoms with Crippen molar-refractivity contribution in [2.45, 2.75) is 13.0 Å². The number of tetrazole rings is 1. The van der Waals surface area contributed by atoms with Crippen LogP contribution in [0, 0.1) is 11.3 Å². The van der Waals surface area contributed by atoms with E-state index >= 15 is 0 Å². The summed E-state index contributed by atoms with van der Waals surface area (Å²) in [6.07, 6.45) is 1.74. The smallest absolute Gasteiger partial charge is 0.226 e. The molecule has 1 amide bonds. The average molecular weight is 242 g/mol. The SMILES string of the molecule is N#Cc1ccc(NC(=O)CCn2cnnn2)cc1. The summed E-state index contributed by atoms with van der Waals surface area (Å²) in [5.41, 5.74) is 1.22. The molecule has 0 fully saturated rings. The zero-order valence-electron chi connectivity index (χ0n) is 9.45. The number of nitrogens with zero attached hydrogens (tertiary/aromatic N) is 5. The van der Waals surface area contributed by atoms with Gasteiger partial charge in [-0.1, -0.05) is 0 Å². The first-order chi connectivity index (χ1) is 8.78. The lowest BCUT2D eigenvalue weighted by Crippen LogP contribution is -2.14. The lowest BCUT2D eigenvalue weighted by Gasteiger charge is -2.04. The quantitative estimate of drug-likeness (QED) is 0.845. The summed E-state index contributed by atoms with van der Waals surface area (Å²) in [6, 6.07) is 8.69. The number of anilines is 1. The van der Waals surface area contributed by atoms with Gasteiger partial charge >= 0.3 is 0 Å². The van der Waals surface area contributed by atoms with Gasteiger partial charge in [0.05, 0.1) is 18.2 Å². The third-order valence-electron chi connectivity index (χ3n) is 2.26. The molecule has 1 heterocycles. The third-order valence-corrected chi connectivity index (χ3v) is 2.26. The second-order valence-corrected chi connectivity index (χ2v) is 3.56. The first kappa shape index (κ1) is 11.7. The van der Waals surface area contributed by atoms with Gasteiger partial charge in [0.2, 0.25) is 5.91 Å². The maximum atomic E-state index is 11.6. The molecule has 1 N–H and O–H groups in total. The topological polar surface area (TPSA) is 96.5 Å². The number of hydrogen-bond donors (Lipinski definition) is 1. The van der Waals surface area contributed by atoms with E-state index in [1.807, 2.05) is 6.07 Å². The molecule has 0 saturated carbocycles. The molecule has 1 aromatic carbocycles. The lowest BCUT2D eigenvalue weighted by atomic mass is 10.2. The van der Waals surface area contributed by atoms with E-state index < -0.39 is 0 Å². The van der Waals surface area contributed by atoms with Gasteiger partial charge in [-0.15, -0.1) is 5.10 Å². The number of aromatic nitrogens is 4. The standard InChI is InChI=1S/C11H10N6O/c12-7-9-1-3-10(4-2-9)14-11(18)5-6-17-8-13-15-16-17/h1-4,8H,5-6H2,(H,14,18). The van der Waals surface area contributed by atoms with Gasteiger partial charge < -0.3 is 5.32 Å². The first-order valence-electron chi connectivity index (χ1n) is 5.29. The van der Waals surface area contributed by atoms with E-state index in [1.54, 1.807) is 24.3 Å². The van der Waals surface area contributed by atoms with Crippen molar-refractivity contribution in [1.82, 2.24) is 20.2 Å². The van der Waals surface area contributed by atoms with Crippen molar-refractivity contribution in [3.63, 3.8) is 0 Å². The van der Waals surface area contributed by atoms with E-state index in [1.165, 1.54) is 11.0 Å². The fraction of sp³-hybridized carbons (Fsp3) is 0.182. The number of aryl methyl sites for hydroxylation is 1. The number of rotatable bonds is 4. The van der Waals surface area contributed by atoms with E-state index in [4.69, 9.17) is 5.26 Å². The van der Waals surface area contributed by atoms with Gasteiger partial charge in [-0.05, 0) is 34.7 Å². The van der Waals surface area contributed by atoms with Gasteiger partial charge in [0, 0.05) is 12.1 Å². The Morgan fingerprint density at radius 3 is 2.78 bits per heavy atom. The van der Waals surface area contributed by atoms with Crippen molar-refractivity contribution < 1.29 is 4.79 Å². The summed E-state index contributed by atoms with van der Waals surface area (Å²) in [7, 11) is 0. The maximum Gasteiger partial charge on any atom is 0.226 e. The van der Waals surface area contributed by atoms with Crippen LogP contribution in [0.15, 0.2) is 30.6 Å². The van der Waals surface area contributed by atoms with Crippen LogP contribution in [0.1, 0.15) is 12.0 Å². The number of benzene rings is 1. The lowest BCUT2D eigenvalue weighted by molar-refractivity contribution is -0.116. The molecule has 0 aliphatic rings. The number of hydrogen-bond acceptors (Lipinski definition) is 5. The molecule has 7 nitrogen and oxygen atoms in total. The summed E-state index contributed by atoms with van der Waals surface area (Å²) in [4.78, 5) is 11.6. The minimum atomic E-state index is -0.129. The predicted octanol–water partition coefficient (Wildman–Crippen LogP) is 0.574. The van der Waals surface area contributed by atoms with Crippen LogP contribution in [-0.4, -0.2) is 26.1 Å². The van der Waals surface area contributed by atoms with E-state index in [0.717, 1.165) is 0 Å². The molecule has 2 rings (SSSR count). The summed E-state index contributed by atoms with van der Waals surface area (Å²) < 4.78 is 1.48. The van der Waals surface area contributed by atoms with Crippen LogP contribution in [0.2, 0.25) is 0 Å². The zero-order chi connectivity index (χ0) is 12.8. The molecule has 1 aromatic heterocycles. The molecule has 0 bridgehead atoms. The molecule has 0 unspecified atom stereocenters. The Hall–Kier alpha value is -2.75.